The molecule has 0 saturated carbocycles. The Balaban J connectivity index is 2.37. The van der Waals surface area contributed by atoms with E-state index in [4.69, 9.17) is 9.47 Å². The fourth-order valence-electron chi connectivity index (χ4n) is 2.32. The van der Waals surface area contributed by atoms with Gasteiger partial charge in [-0.2, -0.15) is 0 Å². The second kappa shape index (κ2) is 9.96. The summed E-state index contributed by atoms with van der Waals surface area (Å²) < 4.78 is 12.0. The summed E-state index contributed by atoms with van der Waals surface area (Å²) in [6.45, 7) is 4.66. The van der Waals surface area contributed by atoms with Crippen LogP contribution in [0, 0.1) is 3.57 Å². The Bertz CT molecular complexity index is 849. The van der Waals surface area contributed by atoms with Crippen molar-refractivity contribution < 1.29 is 24.2 Å². The third-order valence-corrected chi connectivity index (χ3v) is 4.25. The maximum atomic E-state index is 12.3. The number of carbonyl (C=O) groups excluding carboxylic acids is 1. The molecule has 0 heterocycles. The molecule has 0 aliphatic carbocycles. The first kappa shape index (κ1) is 20.8. The number of carboxylic acids is 1. The molecule has 2 aromatic carbocycles. The highest BCUT2D eigenvalue weighted by Gasteiger charge is 2.16. The van der Waals surface area contributed by atoms with Gasteiger partial charge in [0.1, 0.15) is 5.70 Å². The standard InChI is InChI=1S/C20H20INO5/c1-3-26-17-12-13(10-15(21)18(17)27-4-2)11-16(20(24)25)22-19(23)14-8-6-5-7-9-14/h5-12H,3-4H2,1-2H3,(H,22,23)(H,24,25). The van der Waals surface area contributed by atoms with E-state index in [0.29, 0.717) is 35.8 Å². The second-order valence-corrected chi connectivity index (χ2v) is 6.54. The molecule has 2 aromatic rings. The van der Waals surface area contributed by atoms with E-state index in [-0.39, 0.29) is 5.70 Å². The predicted octanol–water partition coefficient (Wildman–Crippen LogP) is 3.94. The number of hydrogen-bond donors (Lipinski definition) is 2. The number of carbonyl (C=O) groups is 2. The Morgan fingerprint density at radius 3 is 2.37 bits per heavy atom. The van der Waals surface area contributed by atoms with E-state index in [9.17, 15) is 14.7 Å². The predicted molar refractivity (Wildman–Crippen MR) is 111 cm³/mol. The van der Waals surface area contributed by atoms with Gasteiger partial charge in [0.15, 0.2) is 11.5 Å². The van der Waals surface area contributed by atoms with E-state index in [1.807, 2.05) is 13.8 Å². The van der Waals surface area contributed by atoms with Crippen molar-refractivity contribution in [1.29, 1.82) is 0 Å². The number of carboxylic acid groups (broad SMARTS) is 1. The van der Waals surface area contributed by atoms with Crippen molar-refractivity contribution in [2.24, 2.45) is 0 Å². The number of rotatable bonds is 8. The largest absolute Gasteiger partial charge is 0.490 e. The maximum Gasteiger partial charge on any atom is 0.352 e. The Morgan fingerprint density at radius 1 is 1.11 bits per heavy atom. The van der Waals surface area contributed by atoms with Gasteiger partial charge in [-0.3, -0.25) is 4.79 Å². The Kier molecular flexibility index (Phi) is 7.66. The Morgan fingerprint density at radius 2 is 1.78 bits per heavy atom. The second-order valence-electron chi connectivity index (χ2n) is 5.38. The van der Waals surface area contributed by atoms with Crippen LogP contribution < -0.4 is 14.8 Å². The minimum atomic E-state index is -1.24. The van der Waals surface area contributed by atoms with Crippen molar-refractivity contribution in [3.8, 4) is 11.5 Å². The SMILES string of the molecule is CCOc1cc(C=C(NC(=O)c2ccccc2)C(=O)O)cc(I)c1OCC. The lowest BCUT2D eigenvalue weighted by molar-refractivity contribution is -0.132. The molecule has 0 atom stereocenters. The van der Waals surface area contributed by atoms with Gasteiger partial charge in [0, 0.05) is 5.56 Å². The molecule has 0 fully saturated rings. The number of ether oxygens (including phenoxy) is 2. The molecule has 142 valence electrons. The lowest BCUT2D eigenvalue weighted by atomic mass is 10.1. The zero-order chi connectivity index (χ0) is 19.8. The fraction of sp³-hybridized carbons (Fsp3) is 0.200. The Labute approximate surface area is 171 Å². The number of amides is 1. The number of hydrogen-bond acceptors (Lipinski definition) is 4. The minimum Gasteiger partial charge on any atom is -0.490 e. The van der Waals surface area contributed by atoms with Crippen LogP contribution in [0.5, 0.6) is 11.5 Å². The summed E-state index contributed by atoms with van der Waals surface area (Å²) in [6, 6.07) is 11.9. The molecule has 0 aromatic heterocycles. The average molecular weight is 481 g/mol. The van der Waals surface area contributed by atoms with Gasteiger partial charge in [-0.15, -0.1) is 0 Å². The molecule has 1 amide bonds. The lowest BCUT2D eigenvalue weighted by Crippen LogP contribution is -2.27. The average Bonchev–Trinajstić information content (AvgIpc) is 2.65. The van der Waals surface area contributed by atoms with E-state index in [2.05, 4.69) is 27.9 Å². The van der Waals surface area contributed by atoms with Crippen molar-refractivity contribution in [3.05, 3.63) is 62.9 Å². The molecule has 0 aliphatic heterocycles. The van der Waals surface area contributed by atoms with Gasteiger partial charge in [0.05, 0.1) is 16.8 Å². The number of aliphatic carboxylic acids is 1. The van der Waals surface area contributed by atoms with E-state index < -0.39 is 11.9 Å². The number of halogens is 1. The summed E-state index contributed by atoms with van der Waals surface area (Å²) in [5, 5.41) is 11.9. The van der Waals surface area contributed by atoms with Crippen LogP contribution in [0.4, 0.5) is 0 Å². The van der Waals surface area contributed by atoms with E-state index in [0.717, 1.165) is 3.57 Å². The monoisotopic (exact) mass is 481 g/mol. The summed E-state index contributed by atoms with van der Waals surface area (Å²) in [4.78, 5) is 23.9. The van der Waals surface area contributed by atoms with Crippen LogP contribution in [-0.4, -0.2) is 30.2 Å². The molecule has 0 saturated heterocycles. The highest BCUT2D eigenvalue weighted by Crippen LogP contribution is 2.34. The third kappa shape index (κ3) is 5.72. The van der Waals surface area contributed by atoms with E-state index >= 15 is 0 Å². The third-order valence-electron chi connectivity index (χ3n) is 3.45. The molecule has 6 nitrogen and oxygen atoms in total. The molecule has 0 radical (unpaired) electrons. The molecular weight excluding hydrogens is 461 g/mol. The molecule has 0 bridgehead atoms. The van der Waals surface area contributed by atoms with Crippen LogP contribution in [0.2, 0.25) is 0 Å². The fourth-order valence-corrected chi connectivity index (χ4v) is 3.10. The summed E-state index contributed by atoms with van der Waals surface area (Å²) in [5.41, 5.74) is 0.726. The summed E-state index contributed by atoms with van der Waals surface area (Å²) in [6.07, 6.45) is 1.39. The first-order chi connectivity index (χ1) is 13.0. The first-order valence-corrected chi connectivity index (χ1v) is 9.44. The van der Waals surface area contributed by atoms with Crippen LogP contribution in [0.1, 0.15) is 29.8 Å². The van der Waals surface area contributed by atoms with Crippen LogP contribution >= 0.6 is 22.6 Å². The zero-order valence-corrected chi connectivity index (χ0v) is 17.1. The lowest BCUT2D eigenvalue weighted by Gasteiger charge is -2.14. The maximum absolute atomic E-state index is 12.3. The van der Waals surface area contributed by atoms with E-state index in [1.54, 1.807) is 42.5 Å². The van der Waals surface area contributed by atoms with Crippen molar-refractivity contribution in [2.75, 3.05) is 13.2 Å². The highest BCUT2D eigenvalue weighted by molar-refractivity contribution is 14.1. The molecule has 0 aliphatic rings. The normalized spacial score (nSPS) is 11.0. The van der Waals surface area contributed by atoms with Crippen molar-refractivity contribution >= 4 is 40.5 Å². The van der Waals surface area contributed by atoms with Gasteiger partial charge in [-0.05, 0) is 72.3 Å². The van der Waals surface area contributed by atoms with Crippen molar-refractivity contribution in [2.45, 2.75) is 13.8 Å². The molecule has 2 N–H and O–H groups in total. The van der Waals surface area contributed by atoms with Gasteiger partial charge in [0.25, 0.3) is 5.91 Å². The van der Waals surface area contributed by atoms with Crippen molar-refractivity contribution in [3.63, 3.8) is 0 Å². The number of nitrogens with one attached hydrogen (secondary N) is 1. The zero-order valence-electron chi connectivity index (χ0n) is 15.0. The van der Waals surface area contributed by atoms with Gasteiger partial charge < -0.3 is 19.9 Å². The van der Waals surface area contributed by atoms with Crippen molar-refractivity contribution in [1.82, 2.24) is 5.32 Å². The van der Waals surface area contributed by atoms with Gasteiger partial charge in [-0.25, -0.2) is 4.79 Å². The minimum absolute atomic E-state index is 0.230. The molecule has 7 heteroatoms. The first-order valence-electron chi connectivity index (χ1n) is 8.36. The summed E-state index contributed by atoms with van der Waals surface area (Å²) >= 11 is 2.10. The highest BCUT2D eigenvalue weighted by atomic mass is 127. The quantitative estimate of drug-likeness (QED) is 0.441. The molecular formula is C20H20INO5. The van der Waals surface area contributed by atoms with E-state index in [1.165, 1.54) is 6.08 Å². The van der Waals surface area contributed by atoms with Gasteiger partial charge in [-0.1, -0.05) is 18.2 Å². The molecule has 27 heavy (non-hydrogen) atoms. The summed E-state index contributed by atoms with van der Waals surface area (Å²) in [5.74, 6) is -0.588. The van der Waals surface area contributed by atoms with Crippen LogP contribution in [-0.2, 0) is 4.79 Å². The van der Waals surface area contributed by atoms with Gasteiger partial charge in [0.2, 0.25) is 0 Å². The van der Waals surface area contributed by atoms with Gasteiger partial charge >= 0.3 is 5.97 Å². The summed E-state index contributed by atoms with van der Waals surface area (Å²) in [7, 11) is 0. The molecule has 0 spiro atoms. The molecule has 0 unspecified atom stereocenters. The van der Waals surface area contributed by atoms with Crippen LogP contribution in [0.15, 0.2) is 48.2 Å². The number of benzene rings is 2. The molecule has 2 rings (SSSR count). The Hall–Kier alpha value is -2.55. The topological polar surface area (TPSA) is 84.9 Å². The smallest absolute Gasteiger partial charge is 0.352 e. The van der Waals surface area contributed by atoms with Crippen LogP contribution in [0.25, 0.3) is 6.08 Å². The van der Waals surface area contributed by atoms with Crippen LogP contribution in [0.3, 0.4) is 0 Å².